The van der Waals surface area contributed by atoms with E-state index in [0.717, 1.165) is 11.1 Å². The van der Waals surface area contributed by atoms with Gasteiger partial charge in [0.15, 0.2) is 11.5 Å². The predicted octanol–water partition coefficient (Wildman–Crippen LogP) is 2.46. The smallest absolute Gasteiger partial charge is 0.225 e. The summed E-state index contributed by atoms with van der Waals surface area (Å²) in [6.07, 6.45) is 0. The molecular weight excluding hydrogens is 335 g/mol. The number of carbonyl (C=O) groups excluding carboxylic acids is 1. The second-order valence-electron chi connectivity index (χ2n) is 6.30. The molecule has 0 aromatic heterocycles. The molecule has 26 heavy (non-hydrogen) atoms. The molecule has 6 heteroatoms. The number of methoxy groups -OCH3 is 2. The maximum absolute atomic E-state index is 13.0. The van der Waals surface area contributed by atoms with Crippen molar-refractivity contribution in [2.75, 3.05) is 27.3 Å². The van der Waals surface area contributed by atoms with Crippen LogP contribution in [0, 0.1) is 11.7 Å². The van der Waals surface area contributed by atoms with Gasteiger partial charge >= 0.3 is 0 Å². The van der Waals surface area contributed by atoms with Crippen molar-refractivity contribution in [1.29, 1.82) is 0 Å². The van der Waals surface area contributed by atoms with Crippen molar-refractivity contribution in [3.05, 3.63) is 59.4 Å². The van der Waals surface area contributed by atoms with E-state index in [4.69, 9.17) is 9.47 Å². The molecule has 1 fully saturated rings. The summed E-state index contributed by atoms with van der Waals surface area (Å²) in [5, 5.41) is 6.24. The van der Waals surface area contributed by atoms with Crippen LogP contribution in [0.3, 0.4) is 0 Å². The Balaban J connectivity index is 1.73. The first-order valence-corrected chi connectivity index (χ1v) is 8.57. The fourth-order valence-corrected chi connectivity index (χ4v) is 3.41. The lowest BCUT2D eigenvalue weighted by Gasteiger charge is -2.22. The molecule has 2 aromatic carbocycles. The molecule has 1 aliphatic rings. The van der Waals surface area contributed by atoms with Gasteiger partial charge in [0.1, 0.15) is 5.82 Å². The van der Waals surface area contributed by atoms with E-state index in [1.807, 2.05) is 18.2 Å². The lowest BCUT2D eigenvalue weighted by atomic mass is 9.87. The molecule has 1 amide bonds. The summed E-state index contributed by atoms with van der Waals surface area (Å²) in [6, 6.07) is 11.8. The Morgan fingerprint density at radius 1 is 1.15 bits per heavy atom. The average Bonchev–Trinajstić information content (AvgIpc) is 3.16. The summed E-state index contributed by atoms with van der Waals surface area (Å²) in [5.41, 5.74) is 1.82. The molecule has 0 saturated carbocycles. The molecule has 2 N–H and O–H groups in total. The number of nitrogens with one attached hydrogen (secondary N) is 2. The Kier molecular flexibility index (Phi) is 5.73. The lowest BCUT2D eigenvalue weighted by molar-refractivity contribution is -0.125. The van der Waals surface area contributed by atoms with E-state index < -0.39 is 0 Å². The number of halogens is 1. The molecule has 2 atom stereocenters. The minimum absolute atomic E-state index is 0.00623. The topological polar surface area (TPSA) is 59.6 Å². The minimum Gasteiger partial charge on any atom is -0.493 e. The number of para-hydroxylation sites is 1. The zero-order chi connectivity index (χ0) is 18.5. The van der Waals surface area contributed by atoms with Crippen LogP contribution in [-0.4, -0.2) is 33.2 Å². The first-order chi connectivity index (χ1) is 12.6. The van der Waals surface area contributed by atoms with E-state index in [9.17, 15) is 9.18 Å². The van der Waals surface area contributed by atoms with Crippen LogP contribution in [-0.2, 0) is 11.3 Å². The Hall–Kier alpha value is -2.60. The highest BCUT2D eigenvalue weighted by Gasteiger charge is 2.36. The van der Waals surface area contributed by atoms with Gasteiger partial charge in [-0.1, -0.05) is 24.3 Å². The highest BCUT2D eigenvalue weighted by molar-refractivity contribution is 5.80. The normalized spacial score (nSPS) is 19.2. The van der Waals surface area contributed by atoms with Gasteiger partial charge in [0, 0.05) is 31.1 Å². The van der Waals surface area contributed by atoms with Crippen LogP contribution in [0.4, 0.5) is 4.39 Å². The van der Waals surface area contributed by atoms with E-state index in [0.29, 0.717) is 31.1 Å². The lowest BCUT2D eigenvalue weighted by Crippen LogP contribution is -2.34. The van der Waals surface area contributed by atoms with Crippen molar-refractivity contribution < 1.29 is 18.7 Å². The molecule has 0 bridgehead atoms. The third-order valence-electron chi connectivity index (χ3n) is 4.76. The van der Waals surface area contributed by atoms with Gasteiger partial charge in [-0.3, -0.25) is 4.79 Å². The molecule has 0 aliphatic carbocycles. The van der Waals surface area contributed by atoms with Crippen molar-refractivity contribution in [1.82, 2.24) is 10.6 Å². The number of hydrogen-bond donors (Lipinski definition) is 2. The van der Waals surface area contributed by atoms with E-state index in [-0.39, 0.29) is 23.6 Å². The maximum atomic E-state index is 13.0. The van der Waals surface area contributed by atoms with Gasteiger partial charge in [0.05, 0.1) is 20.1 Å². The van der Waals surface area contributed by atoms with Gasteiger partial charge in [-0.2, -0.15) is 0 Å². The van der Waals surface area contributed by atoms with Crippen molar-refractivity contribution in [2.45, 2.75) is 12.5 Å². The highest BCUT2D eigenvalue weighted by atomic mass is 19.1. The summed E-state index contributed by atoms with van der Waals surface area (Å²) < 4.78 is 23.9. The molecule has 0 spiro atoms. The van der Waals surface area contributed by atoms with Crippen molar-refractivity contribution in [3.8, 4) is 11.5 Å². The van der Waals surface area contributed by atoms with Crippen LogP contribution in [0.5, 0.6) is 11.5 Å². The summed E-state index contributed by atoms with van der Waals surface area (Å²) >= 11 is 0. The standard InChI is InChI=1S/C20H23FN2O3/c1-25-18-5-3-4-15(19(18)26-2)16-11-22-12-17(16)20(24)23-10-13-6-8-14(21)9-7-13/h3-9,16-17,22H,10-12H2,1-2H3,(H,23,24). The van der Waals surface area contributed by atoms with E-state index in [1.165, 1.54) is 12.1 Å². The summed E-state index contributed by atoms with van der Waals surface area (Å²) in [4.78, 5) is 12.7. The number of hydrogen-bond acceptors (Lipinski definition) is 4. The molecule has 2 unspecified atom stereocenters. The number of rotatable bonds is 6. The van der Waals surface area contributed by atoms with E-state index in [1.54, 1.807) is 26.4 Å². The SMILES string of the molecule is COc1cccc(C2CNCC2C(=O)NCc2ccc(F)cc2)c1OC. The Morgan fingerprint density at radius 3 is 2.62 bits per heavy atom. The van der Waals surface area contributed by atoms with Crippen LogP contribution in [0.15, 0.2) is 42.5 Å². The Morgan fingerprint density at radius 2 is 1.92 bits per heavy atom. The van der Waals surface area contributed by atoms with Gasteiger partial charge in [0.2, 0.25) is 5.91 Å². The van der Waals surface area contributed by atoms with E-state index >= 15 is 0 Å². The van der Waals surface area contributed by atoms with Crippen LogP contribution < -0.4 is 20.1 Å². The van der Waals surface area contributed by atoms with Gasteiger partial charge in [-0.05, 0) is 23.8 Å². The molecule has 5 nitrogen and oxygen atoms in total. The third-order valence-corrected chi connectivity index (χ3v) is 4.76. The van der Waals surface area contributed by atoms with Crippen LogP contribution in [0.1, 0.15) is 17.0 Å². The van der Waals surface area contributed by atoms with Crippen LogP contribution in [0.2, 0.25) is 0 Å². The Bertz CT molecular complexity index is 764. The monoisotopic (exact) mass is 358 g/mol. The molecule has 1 aliphatic heterocycles. The molecule has 0 radical (unpaired) electrons. The molecule has 2 aromatic rings. The predicted molar refractivity (Wildman–Crippen MR) is 96.9 cm³/mol. The second-order valence-corrected chi connectivity index (χ2v) is 6.30. The highest BCUT2D eigenvalue weighted by Crippen LogP contribution is 2.39. The summed E-state index contributed by atoms with van der Waals surface area (Å²) in [6.45, 7) is 1.66. The fraction of sp³-hybridized carbons (Fsp3) is 0.350. The molecule has 1 saturated heterocycles. The van der Waals surface area contributed by atoms with Gasteiger partial charge < -0.3 is 20.1 Å². The minimum atomic E-state index is -0.287. The van der Waals surface area contributed by atoms with E-state index in [2.05, 4.69) is 10.6 Å². The average molecular weight is 358 g/mol. The number of benzene rings is 2. The van der Waals surface area contributed by atoms with Crippen molar-refractivity contribution in [2.24, 2.45) is 5.92 Å². The molecular formula is C20H23FN2O3. The van der Waals surface area contributed by atoms with Gasteiger partial charge in [0.25, 0.3) is 0 Å². The number of amides is 1. The maximum Gasteiger partial charge on any atom is 0.225 e. The Labute approximate surface area is 152 Å². The molecule has 138 valence electrons. The molecule has 3 rings (SSSR count). The zero-order valence-corrected chi connectivity index (χ0v) is 14.9. The van der Waals surface area contributed by atoms with Crippen LogP contribution >= 0.6 is 0 Å². The summed E-state index contributed by atoms with van der Waals surface area (Å²) in [5.74, 6) is 0.784. The van der Waals surface area contributed by atoms with Crippen molar-refractivity contribution >= 4 is 5.91 Å². The van der Waals surface area contributed by atoms with Gasteiger partial charge in [-0.25, -0.2) is 4.39 Å². The first-order valence-electron chi connectivity index (χ1n) is 8.57. The summed E-state index contributed by atoms with van der Waals surface area (Å²) in [7, 11) is 3.20. The first kappa shape index (κ1) is 18.2. The zero-order valence-electron chi connectivity index (χ0n) is 14.9. The number of carbonyl (C=O) groups is 1. The fourth-order valence-electron chi connectivity index (χ4n) is 3.41. The van der Waals surface area contributed by atoms with Gasteiger partial charge in [-0.15, -0.1) is 0 Å². The quantitative estimate of drug-likeness (QED) is 0.833. The number of ether oxygens (including phenoxy) is 2. The largest absolute Gasteiger partial charge is 0.493 e. The molecule has 1 heterocycles. The van der Waals surface area contributed by atoms with Crippen LogP contribution in [0.25, 0.3) is 0 Å². The second kappa shape index (κ2) is 8.19. The third kappa shape index (κ3) is 3.80. The van der Waals surface area contributed by atoms with Crippen molar-refractivity contribution in [3.63, 3.8) is 0 Å².